The SMILES string of the molecule is C=CCNC(=NC)NCC1(N2CCSCC2)CCCCC1.I. The number of rotatable bonds is 5. The lowest BCUT2D eigenvalue weighted by Crippen LogP contribution is -2.59. The molecule has 0 bridgehead atoms. The van der Waals surface area contributed by atoms with Crippen LogP contribution in [0.4, 0.5) is 0 Å². The van der Waals surface area contributed by atoms with Gasteiger partial charge < -0.3 is 10.6 Å². The van der Waals surface area contributed by atoms with E-state index in [2.05, 4.69) is 38.9 Å². The van der Waals surface area contributed by atoms with Gasteiger partial charge in [-0.2, -0.15) is 11.8 Å². The second kappa shape index (κ2) is 10.8. The molecule has 0 aromatic carbocycles. The highest BCUT2D eigenvalue weighted by molar-refractivity contribution is 14.0. The molecule has 0 spiro atoms. The zero-order chi connectivity index (χ0) is 15.0. The molecule has 2 fully saturated rings. The molecule has 1 aliphatic heterocycles. The number of nitrogens with one attached hydrogen (secondary N) is 2. The summed E-state index contributed by atoms with van der Waals surface area (Å²) in [5.74, 6) is 3.46. The van der Waals surface area contributed by atoms with Crippen molar-refractivity contribution >= 4 is 41.7 Å². The number of nitrogens with zero attached hydrogens (tertiary/aromatic N) is 2. The Morgan fingerprint density at radius 1 is 1.23 bits per heavy atom. The first-order valence-electron chi connectivity index (χ1n) is 8.19. The third-order valence-electron chi connectivity index (χ3n) is 4.69. The zero-order valence-electron chi connectivity index (χ0n) is 13.8. The summed E-state index contributed by atoms with van der Waals surface area (Å²) in [5.41, 5.74) is 0.338. The Kier molecular flexibility index (Phi) is 9.82. The molecule has 0 unspecified atom stereocenters. The lowest BCUT2D eigenvalue weighted by atomic mass is 9.80. The van der Waals surface area contributed by atoms with E-state index >= 15 is 0 Å². The van der Waals surface area contributed by atoms with Crippen LogP contribution in [-0.2, 0) is 0 Å². The molecule has 1 saturated heterocycles. The van der Waals surface area contributed by atoms with Gasteiger partial charge in [0.1, 0.15) is 0 Å². The molecule has 128 valence electrons. The van der Waals surface area contributed by atoms with Gasteiger partial charge in [0.15, 0.2) is 5.96 Å². The number of hydrogen-bond donors (Lipinski definition) is 2. The first-order valence-corrected chi connectivity index (χ1v) is 9.34. The van der Waals surface area contributed by atoms with E-state index in [1.165, 1.54) is 56.7 Å². The van der Waals surface area contributed by atoms with Gasteiger partial charge in [0.05, 0.1) is 0 Å². The average Bonchev–Trinajstić information content (AvgIpc) is 2.57. The minimum Gasteiger partial charge on any atom is -0.355 e. The van der Waals surface area contributed by atoms with Crippen molar-refractivity contribution in [2.75, 3.05) is 44.7 Å². The fraction of sp³-hybridized carbons (Fsp3) is 0.812. The van der Waals surface area contributed by atoms with Crippen LogP contribution in [0.25, 0.3) is 0 Å². The molecule has 0 aromatic heterocycles. The molecule has 2 rings (SSSR count). The van der Waals surface area contributed by atoms with Crippen LogP contribution < -0.4 is 10.6 Å². The smallest absolute Gasteiger partial charge is 0.191 e. The molecule has 2 aliphatic rings. The van der Waals surface area contributed by atoms with E-state index in [1.54, 1.807) is 0 Å². The van der Waals surface area contributed by atoms with E-state index < -0.39 is 0 Å². The molecule has 6 heteroatoms. The lowest BCUT2D eigenvalue weighted by molar-refractivity contribution is 0.0626. The molecule has 1 aliphatic carbocycles. The van der Waals surface area contributed by atoms with Gasteiger partial charge in [-0.3, -0.25) is 9.89 Å². The predicted molar refractivity (Wildman–Crippen MR) is 110 cm³/mol. The number of guanidine groups is 1. The Hall–Kier alpha value is 0.0500. The predicted octanol–water partition coefficient (Wildman–Crippen LogP) is 2.71. The molecule has 1 heterocycles. The Morgan fingerprint density at radius 3 is 2.50 bits per heavy atom. The fourth-order valence-electron chi connectivity index (χ4n) is 3.49. The van der Waals surface area contributed by atoms with Gasteiger partial charge in [-0.25, -0.2) is 0 Å². The highest BCUT2D eigenvalue weighted by Crippen LogP contribution is 2.34. The molecule has 0 amide bonds. The maximum atomic E-state index is 4.31. The van der Waals surface area contributed by atoms with Crippen LogP contribution in [0.1, 0.15) is 32.1 Å². The van der Waals surface area contributed by atoms with E-state index in [9.17, 15) is 0 Å². The molecule has 1 saturated carbocycles. The summed E-state index contributed by atoms with van der Waals surface area (Å²) in [5, 5.41) is 6.83. The summed E-state index contributed by atoms with van der Waals surface area (Å²) in [6.45, 7) is 8.00. The first kappa shape index (κ1) is 20.1. The van der Waals surface area contributed by atoms with Crippen molar-refractivity contribution < 1.29 is 0 Å². The summed E-state index contributed by atoms with van der Waals surface area (Å²) < 4.78 is 0. The normalized spacial score (nSPS) is 22.5. The molecule has 2 N–H and O–H groups in total. The second-order valence-corrected chi connectivity index (χ2v) is 7.20. The summed E-state index contributed by atoms with van der Waals surface area (Å²) in [7, 11) is 1.84. The van der Waals surface area contributed by atoms with Gasteiger partial charge in [-0.15, -0.1) is 30.6 Å². The van der Waals surface area contributed by atoms with Crippen LogP contribution >= 0.6 is 35.7 Å². The van der Waals surface area contributed by atoms with Crippen molar-refractivity contribution in [1.29, 1.82) is 0 Å². The van der Waals surface area contributed by atoms with E-state index in [4.69, 9.17) is 0 Å². The van der Waals surface area contributed by atoms with Crippen molar-refractivity contribution in [2.24, 2.45) is 4.99 Å². The molecular formula is C16H31IN4S. The topological polar surface area (TPSA) is 39.7 Å². The number of aliphatic imine (C=N–C) groups is 1. The van der Waals surface area contributed by atoms with Crippen LogP contribution in [0.2, 0.25) is 0 Å². The van der Waals surface area contributed by atoms with E-state index in [0.717, 1.165) is 19.0 Å². The average molecular weight is 438 g/mol. The molecular weight excluding hydrogens is 407 g/mol. The highest BCUT2D eigenvalue weighted by Gasteiger charge is 2.38. The Labute approximate surface area is 157 Å². The van der Waals surface area contributed by atoms with Crippen molar-refractivity contribution in [1.82, 2.24) is 15.5 Å². The second-order valence-electron chi connectivity index (χ2n) is 5.98. The number of hydrogen-bond acceptors (Lipinski definition) is 3. The lowest BCUT2D eigenvalue weighted by Gasteiger charge is -2.48. The molecule has 0 aromatic rings. The Balaban J connectivity index is 0.00000242. The van der Waals surface area contributed by atoms with Crippen molar-refractivity contribution in [2.45, 2.75) is 37.6 Å². The summed E-state index contributed by atoms with van der Waals surface area (Å²) >= 11 is 2.09. The van der Waals surface area contributed by atoms with E-state index in [1.807, 2.05) is 13.1 Å². The van der Waals surface area contributed by atoms with Crippen molar-refractivity contribution in [3.05, 3.63) is 12.7 Å². The molecule has 22 heavy (non-hydrogen) atoms. The van der Waals surface area contributed by atoms with E-state index in [0.29, 0.717) is 5.54 Å². The monoisotopic (exact) mass is 438 g/mol. The molecule has 0 radical (unpaired) electrons. The maximum Gasteiger partial charge on any atom is 0.191 e. The van der Waals surface area contributed by atoms with Crippen LogP contribution in [0.15, 0.2) is 17.6 Å². The van der Waals surface area contributed by atoms with Gasteiger partial charge in [0.25, 0.3) is 0 Å². The Morgan fingerprint density at radius 2 is 1.91 bits per heavy atom. The van der Waals surface area contributed by atoms with Gasteiger partial charge >= 0.3 is 0 Å². The largest absolute Gasteiger partial charge is 0.355 e. The third kappa shape index (κ3) is 5.60. The van der Waals surface area contributed by atoms with E-state index in [-0.39, 0.29) is 24.0 Å². The summed E-state index contributed by atoms with van der Waals surface area (Å²) in [6.07, 6.45) is 8.64. The van der Waals surface area contributed by atoms with Crippen molar-refractivity contribution in [3.8, 4) is 0 Å². The fourth-order valence-corrected chi connectivity index (χ4v) is 4.39. The summed E-state index contributed by atoms with van der Waals surface area (Å²) in [4.78, 5) is 7.06. The van der Waals surface area contributed by atoms with Gasteiger partial charge in [-0.05, 0) is 12.8 Å². The minimum absolute atomic E-state index is 0. The molecule has 4 nitrogen and oxygen atoms in total. The standard InChI is InChI=1S/C16H30N4S.HI/c1-3-9-18-15(17-2)19-14-16(7-5-4-6-8-16)20-10-12-21-13-11-20;/h3H,1,4-14H2,2H3,(H2,17,18,19);1H. The highest BCUT2D eigenvalue weighted by atomic mass is 127. The van der Waals surface area contributed by atoms with Gasteiger partial charge in [0, 0.05) is 50.3 Å². The van der Waals surface area contributed by atoms with Crippen LogP contribution in [0.3, 0.4) is 0 Å². The van der Waals surface area contributed by atoms with Crippen LogP contribution in [-0.4, -0.2) is 61.1 Å². The van der Waals surface area contributed by atoms with Crippen LogP contribution in [0.5, 0.6) is 0 Å². The van der Waals surface area contributed by atoms with Crippen LogP contribution in [0, 0.1) is 0 Å². The minimum atomic E-state index is 0. The number of halogens is 1. The van der Waals surface area contributed by atoms with Crippen molar-refractivity contribution in [3.63, 3.8) is 0 Å². The summed E-state index contributed by atoms with van der Waals surface area (Å²) in [6, 6.07) is 0. The first-order chi connectivity index (χ1) is 10.3. The van der Waals surface area contributed by atoms with Gasteiger partial charge in [-0.1, -0.05) is 25.3 Å². The maximum absolute atomic E-state index is 4.31. The Bertz CT molecular complexity index is 350. The quantitative estimate of drug-likeness (QED) is 0.300. The third-order valence-corrected chi connectivity index (χ3v) is 5.63. The molecule has 0 atom stereocenters. The van der Waals surface area contributed by atoms with Gasteiger partial charge in [0.2, 0.25) is 0 Å². The number of thioether (sulfide) groups is 1. The zero-order valence-corrected chi connectivity index (χ0v) is 16.9.